The first-order valence-corrected chi connectivity index (χ1v) is 7.65. The number of rotatable bonds is 4. The van der Waals surface area contributed by atoms with E-state index in [1.54, 1.807) is 4.90 Å². The number of hydrogen-bond acceptors (Lipinski definition) is 2. The van der Waals surface area contributed by atoms with Gasteiger partial charge < -0.3 is 4.90 Å². The van der Waals surface area contributed by atoms with E-state index in [4.69, 9.17) is 0 Å². The van der Waals surface area contributed by atoms with Gasteiger partial charge in [0.2, 0.25) is 5.91 Å². The lowest BCUT2D eigenvalue weighted by Gasteiger charge is -2.28. The zero-order chi connectivity index (χ0) is 17.1. The van der Waals surface area contributed by atoms with Gasteiger partial charge in [-0.15, -0.1) is 0 Å². The summed E-state index contributed by atoms with van der Waals surface area (Å²) in [6.45, 7) is 0.661. The van der Waals surface area contributed by atoms with E-state index in [1.165, 1.54) is 53.4 Å². The van der Waals surface area contributed by atoms with Crippen LogP contribution in [0.3, 0.4) is 0 Å². The molecule has 1 saturated heterocycles. The van der Waals surface area contributed by atoms with E-state index in [9.17, 15) is 18.4 Å². The lowest BCUT2D eigenvalue weighted by Crippen LogP contribution is -2.42. The van der Waals surface area contributed by atoms with Crippen molar-refractivity contribution < 1.29 is 18.4 Å². The molecule has 2 amide bonds. The number of halogens is 2. The van der Waals surface area contributed by atoms with E-state index in [-0.39, 0.29) is 18.5 Å². The van der Waals surface area contributed by atoms with Crippen molar-refractivity contribution in [3.8, 4) is 0 Å². The van der Waals surface area contributed by atoms with Gasteiger partial charge in [-0.25, -0.2) is 8.78 Å². The molecule has 0 spiro atoms. The van der Waals surface area contributed by atoms with Crippen molar-refractivity contribution in [3.05, 3.63) is 65.7 Å². The van der Waals surface area contributed by atoms with Gasteiger partial charge >= 0.3 is 0 Å². The molecule has 0 bridgehead atoms. The monoisotopic (exact) mass is 330 g/mol. The fourth-order valence-corrected chi connectivity index (χ4v) is 2.66. The molecule has 1 aliphatic heterocycles. The zero-order valence-corrected chi connectivity index (χ0v) is 12.9. The van der Waals surface area contributed by atoms with Crippen LogP contribution in [-0.2, 0) is 4.79 Å². The van der Waals surface area contributed by atoms with Gasteiger partial charge in [-0.1, -0.05) is 0 Å². The molecule has 0 aromatic heterocycles. The Bertz CT molecular complexity index is 745. The second-order valence-electron chi connectivity index (χ2n) is 5.62. The molecule has 1 fully saturated rings. The summed E-state index contributed by atoms with van der Waals surface area (Å²) in [7, 11) is 0. The molecule has 124 valence electrons. The summed E-state index contributed by atoms with van der Waals surface area (Å²) < 4.78 is 26.3. The molecule has 2 aromatic carbocycles. The summed E-state index contributed by atoms with van der Waals surface area (Å²) in [5.74, 6) is -1.24. The molecule has 24 heavy (non-hydrogen) atoms. The number of hydrogen-bond donors (Lipinski definition) is 0. The summed E-state index contributed by atoms with van der Waals surface area (Å²) in [5.41, 5.74) is 0.776. The molecule has 2 aromatic rings. The fourth-order valence-electron chi connectivity index (χ4n) is 2.66. The minimum Gasteiger partial charge on any atom is -0.324 e. The summed E-state index contributed by atoms with van der Waals surface area (Å²) in [5, 5.41) is 0. The van der Waals surface area contributed by atoms with Crippen LogP contribution in [0.5, 0.6) is 0 Å². The number of carbonyl (C=O) groups excluding carboxylic acids is 2. The predicted molar refractivity (Wildman–Crippen MR) is 85.4 cm³/mol. The van der Waals surface area contributed by atoms with Gasteiger partial charge in [0.25, 0.3) is 5.91 Å². The first-order valence-electron chi connectivity index (χ1n) is 7.65. The minimum atomic E-state index is -0.436. The summed E-state index contributed by atoms with van der Waals surface area (Å²) in [6.07, 6.45) is 1.21. The first-order chi connectivity index (χ1) is 11.5. The second kappa shape index (κ2) is 6.78. The van der Waals surface area contributed by atoms with Crippen LogP contribution in [0.15, 0.2) is 48.5 Å². The Morgan fingerprint density at radius 3 is 2.12 bits per heavy atom. The topological polar surface area (TPSA) is 40.6 Å². The van der Waals surface area contributed by atoms with Crippen molar-refractivity contribution in [1.82, 2.24) is 4.90 Å². The van der Waals surface area contributed by atoms with Crippen LogP contribution < -0.4 is 4.90 Å². The maximum atomic E-state index is 13.2. The number of benzene rings is 2. The van der Waals surface area contributed by atoms with Crippen LogP contribution in [0.1, 0.15) is 23.2 Å². The summed E-state index contributed by atoms with van der Waals surface area (Å²) in [4.78, 5) is 27.7. The van der Waals surface area contributed by atoms with Crippen LogP contribution in [0.2, 0.25) is 0 Å². The summed E-state index contributed by atoms with van der Waals surface area (Å²) in [6, 6.07) is 10.7. The Kier molecular flexibility index (Phi) is 4.55. The third-order valence-electron chi connectivity index (χ3n) is 3.96. The van der Waals surface area contributed by atoms with Crippen molar-refractivity contribution >= 4 is 17.5 Å². The van der Waals surface area contributed by atoms with E-state index in [2.05, 4.69) is 0 Å². The van der Waals surface area contributed by atoms with Crippen molar-refractivity contribution in [2.24, 2.45) is 0 Å². The third kappa shape index (κ3) is 3.42. The van der Waals surface area contributed by atoms with Gasteiger partial charge in [0.1, 0.15) is 18.3 Å². The lowest BCUT2D eigenvalue weighted by molar-refractivity contribution is -0.127. The Morgan fingerprint density at radius 1 is 1.00 bits per heavy atom. The molecular weight excluding hydrogens is 314 g/mol. The number of nitrogens with zero attached hydrogens (tertiary/aromatic N) is 2. The SMILES string of the molecule is O=C1CCCN1CN(C(=O)c1ccc(F)cc1)c1ccc(F)cc1. The van der Waals surface area contributed by atoms with Crippen molar-refractivity contribution in [2.75, 3.05) is 18.1 Å². The highest BCUT2D eigenvalue weighted by atomic mass is 19.1. The maximum absolute atomic E-state index is 13.2. The molecule has 3 rings (SSSR count). The molecule has 1 aliphatic rings. The van der Waals surface area contributed by atoms with Crippen LogP contribution in [0.4, 0.5) is 14.5 Å². The van der Waals surface area contributed by atoms with E-state index >= 15 is 0 Å². The Labute approximate surface area is 138 Å². The predicted octanol–water partition coefficient (Wildman–Crippen LogP) is 3.19. The normalized spacial score (nSPS) is 14.1. The quantitative estimate of drug-likeness (QED) is 0.864. The molecule has 1 heterocycles. The molecule has 0 radical (unpaired) electrons. The van der Waals surface area contributed by atoms with Crippen LogP contribution >= 0.6 is 0 Å². The van der Waals surface area contributed by atoms with Gasteiger partial charge in [0.15, 0.2) is 0 Å². The molecule has 4 nitrogen and oxygen atoms in total. The van der Waals surface area contributed by atoms with Crippen LogP contribution in [0.25, 0.3) is 0 Å². The van der Waals surface area contributed by atoms with E-state index in [0.717, 1.165) is 6.42 Å². The summed E-state index contributed by atoms with van der Waals surface area (Å²) >= 11 is 0. The highest BCUT2D eigenvalue weighted by Crippen LogP contribution is 2.21. The molecule has 0 unspecified atom stereocenters. The Hall–Kier alpha value is -2.76. The zero-order valence-electron chi connectivity index (χ0n) is 12.9. The van der Waals surface area contributed by atoms with Crippen LogP contribution in [-0.4, -0.2) is 29.9 Å². The second-order valence-corrected chi connectivity index (χ2v) is 5.62. The number of likely N-dealkylation sites (tertiary alicyclic amines) is 1. The number of carbonyl (C=O) groups is 2. The van der Waals surface area contributed by atoms with Crippen LogP contribution in [0, 0.1) is 11.6 Å². The van der Waals surface area contributed by atoms with E-state index in [0.29, 0.717) is 24.2 Å². The van der Waals surface area contributed by atoms with Gasteiger partial charge in [-0.05, 0) is 55.0 Å². The standard InChI is InChI=1S/C18H16F2N2O2/c19-14-5-3-13(4-6-14)18(24)22(12-21-11-1-2-17(21)23)16-9-7-15(20)8-10-16/h3-10H,1-2,11-12H2. The average molecular weight is 330 g/mol. The molecule has 0 N–H and O–H groups in total. The molecule has 0 saturated carbocycles. The van der Waals surface area contributed by atoms with Crippen molar-refractivity contribution in [1.29, 1.82) is 0 Å². The fraction of sp³-hybridized carbons (Fsp3) is 0.222. The van der Waals surface area contributed by atoms with Gasteiger partial charge in [-0.3, -0.25) is 14.5 Å². The van der Waals surface area contributed by atoms with Gasteiger partial charge in [0.05, 0.1) is 0 Å². The van der Waals surface area contributed by atoms with Gasteiger partial charge in [0, 0.05) is 24.2 Å². The van der Waals surface area contributed by atoms with E-state index in [1.807, 2.05) is 0 Å². The number of anilines is 1. The lowest BCUT2D eigenvalue weighted by atomic mass is 10.2. The third-order valence-corrected chi connectivity index (χ3v) is 3.96. The molecule has 6 heteroatoms. The number of amides is 2. The molecule has 0 atom stereocenters. The Balaban J connectivity index is 1.91. The Morgan fingerprint density at radius 2 is 1.58 bits per heavy atom. The molecular formula is C18H16F2N2O2. The van der Waals surface area contributed by atoms with Gasteiger partial charge in [-0.2, -0.15) is 0 Å². The van der Waals surface area contributed by atoms with Crippen molar-refractivity contribution in [2.45, 2.75) is 12.8 Å². The highest BCUT2D eigenvalue weighted by molar-refractivity contribution is 6.06. The highest BCUT2D eigenvalue weighted by Gasteiger charge is 2.26. The minimum absolute atomic E-state index is 0.0194. The van der Waals surface area contributed by atoms with E-state index < -0.39 is 11.6 Å². The maximum Gasteiger partial charge on any atom is 0.259 e. The largest absolute Gasteiger partial charge is 0.324 e. The molecule has 0 aliphatic carbocycles. The smallest absolute Gasteiger partial charge is 0.259 e. The first kappa shape index (κ1) is 16.1. The van der Waals surface area contributed by atoms with Crippen molar-refractivity contribution in [3.63, 3.8) is 0 Å². The average Bonchev–Trinajstić information content (AvgIpc) is 2.99.